The van der Waals surface area contributed by atoms with Crippen LogP contribution in [0.2, 0.25) is 0 Å². The monoisotopic (exact) mass is 287 g/mol. The lowest BCUT2D eigenvalue weighted by molar-refractivity contribution is -0.132. The molecule has 0 aromatic carbocycles. The maximum atomic E-state index is 12.7. The van der Waals surface area contributed by atoms with Crippen LogP contribution in [0.3, 0.4) is 0 Å². The summed E-state index contributed by atoms with van der Waals surface area (Å²) in [4.78, 5) is 14.8. The van der Waals surface area contributed by atoms with Crippen molar-refractivity contribution in [3.05, 3.63) is 29.1 Å². The van der Waals surface area contributed by atoms with Crippen LogP contribution in [0.1, 0.15) is 55.1 Å². The lowest BCUT2D eigenvalue weighted by Crippen LogP contribution is -2.32. The number of hydrogen-bond acceptors (Lipinski definition) is 2. The molecule has 0 N–H and O–H groups in total. The summed E-state index contributed by atoms with van der Waals surface area (Å²) >= 11 is 0. The van der Waals surface area contributed by atoms with Gasteiger partial charge in [0.25, 0.3) is 0 Å². The topological polar surface area (TPSA) is 38.1 Å². The molecule has 1 saturated heterocycles. The Kier molecular flexibility index (Phi) is 3.87. The number of allylic oxidation sites excluding steroid dienone is 2. The third-order valence-electron chi connectivity index (χ3n) is 5.02. The fraction of sp³-hybridized carbons (Fsp3) is 0.647. The Balaban J connectivity index is 1.78. The zero-order chi connectivity index (χ0) is 15.0. The van der Waals surface area contributed by atoms with Gasteiger partial charge >= 0.3 is 0 Å². The SMILES string of the molecule is Cc1nn(C)c(C)c1[C@@H]1CCCN1C(=O)C[C@H]1C=CCC1. The van der Waals surface area contributed by atoms with E-state index in [4.69, 9.17) is 0 Å². The van der Waals surface area contributed by atoms with Crippen molar-refractivity contribution >= 4 is 5.91 Å². The molecule has 0 unspecified atom stereocenters. The smallest absolute Gasteiger partial charge is 0.223 e. The highest BCUT2D eigenvalue weighted by atomic mass is 16.2. The zero-order valence-electron chi connectivity index (χ0n) is 13.3. The summed E-state index contributed by atoms with van der Waals surface area (Å²) in [5.74, 6) is 0.770. The first-order chi connectivity index (χ1) is 10.1. The van der Waals surface area contributed by atoms with E-state index >= 15 is 0 Å². The van der Waals surface area contributed by atoms with E-state index in [1.165, 1.54) is 11.3 Å². The minimum Gasteiger partial charge on any atom is -0.336 e. The Labute approximate surface area is 126 Å². The van der Waals surface area contributed by atoms with Crippen molar-refractivity contribution in [3.8, 4) is 0 Å². The van der Waals surface area contributed by atoms with Crippen LogP contribution in [-0.2, 0) is 11.8 Å². The maximum absolute atomic E-state index is 12.7. The summed E-state index contributed by atoms with van der Waals surface area (Å²) in [5, 5.41) is 4.52. The molecule has 1 fully saturated rings. The molecular weight excluding hydrogens is 262 g/mol. The Hall–Kier alpha value is -1.58. The highest BCUT2D eigenvalue weighted by Crippen LogP contribution is 2.36. The number of rotatable bonds is 3. The van der Waals surface area contributed by atoms with Gasteiger partial charge in [-0.05, 0) is 45.4 Å². The molecule has 1 aromatic rings. The first-order valence-electron chi connectivity index (χ1n) is 8.04. The minimum absolute atomic E-state index is 0.233. The molecule has 4 nitrogen and oxygen atoms in total. The normalized spacial score (nSPS) is 25.0. The Morgan fingerprint density at radius 2 is 2.19 bits per heavy atom. The van der Waals surface area contributed by atoms with Gasteiger partial charge in [0.05, 0.1) is 11.7 Å². The quantitative estimate of drug-likeness (QED) is 0.801. The molecule has 2 atom stereocenters. The van der Waals surface area contributed by atoms with E-state index in [9.17, 15) is 4.79 Å². The van der Waals surface area contributed by atoms with Gasteiger partial charge in [-0.3, -0.25) is 9.48 Å². The summed E-state index contributed by atoms with van der Waals surface area (Å²) in [6.07, 6.45) is 9.52. The molecule has 114 valence electrons. The van der Waals surface area contributed by atoms with Gasteiger partial charge in [-0.1, -0.05) is 12.2 Å². The summed E-state index contributed by atoms with van der Waals surface area (Å²) < 4.78 is 1.94. The number of aromatic nitrogens is 2. The van der Waals surface area contributed by atoms with Crippen LogP contribution in [0.15, 0.2) is 12.2 Å². The average Bonchev–Trinajstić information content (AvgIpc) is 3.13. The molecule has 0 radical (unpaired) electrons. The lowest BCUT2D eigenvalue weighted by atomic mass is 10.0. The van der Waals surface area contributed by atoms with Gasteiger partial charge in [-0.15, -0.1) is 0 Å². The highest BCUT2D eigenvalue weighted by Gasteiger charge is 2.34. The number of hydrogen-bond donors (Lipinski definition) is 0. The second kappa shape index (κ2) is 5.66. The lowest BCUT2D eigenvalue weighted by Gasteiger charge is -2.26. The van der Waals surface area contributed by atoms with Crippen molar-refractivity contribution < 1.29 is 4.79 Å². The van der Waals surface area contributed by atoms with E-state index < -0.39 is 0 Å². The van der Waals surface area contributed by atoms with Gasteiger partial charge in [-0.2, -0.15) is 5.10 Å². The van der Waals surface area contributed by atoms with Crippen LogP contribution in [-0.4, -0.2) is 27.1 Å². The van der Waals surface area contributed by atoms with Crippen molar-refractivity contribution in [3.63, 3.8) is 0 Å². The van der Waals surface area contributed by atoms with Crippen LogP contribution in [0, 0.1) is 19.8 Å². The largest absolute Gasteiger partial charge is 0.336 e. The molecule has 21 heavy (non-hydrogen) atoms. The molecule has 2 aliphatic rings. The van der Waals surface area contributed by atoms with Crippen molar-refractivity contribution in [2.24, 2.45) is 13.0 Å². The molecule has 3 rings (SSSR count). The maximum Gasteiger partial charge on any atom is 0.223 e. The van der Waals surface area contributed by atoms with E-state index in [1.54, 1.807) is 0 Å². The van der Waals surface area contributed by atoms with Crippen LogP contribution in [0.4, 0.5) is 0 Å². The van der Waals surface area contributed by atoms with Gasteiger partial charge in [0.2, 0.25) is 5.91 Å². The number of likely N-dealkylation sites (tertiary alicyclic amines) is 1. The van der Waals surface area contributed by atoms with Gasteiger partial charge in [0.15, 0.2) is 0 Å². The van der Waals surface area contributed by atoms with E-state index in [-0.39, 0.29) is 6.04 Å². The molecule has 2 heterocycles. The van der Waals surface area contributed by atoms with Crippen LogP contribution >= 0.6 is 0 Å². The number of nitrogens with zero attached hydrogens (tertiary/aromatic N) is 3. The van der Waals surface area contributed by atoms with Crippen molar-refractivity contribution in [1.82, 2.24) is 14.7 Å². The highest BCUT2D eigenvalue weighted by molar-refractivity contribution is 5.77. The standard InChI is InChI=1S/C17H25N3O/c1-12-17(13(2)19(3)18-12)15-9-6-10-20(15)16(21)11-14-7-4-5-8-14/h4,7,14-15H,5-6,8-11H2,1-3H3/t14-,15-/m0/s1. The molecule has 0 spiro atoms. The molecule has 4 heteroatoms. The molecule has 0 bridgehead atoms. The summed E-state index contributed by atoms with van der Waals surface area (Å²) in [7, 11) is 1.98. The van der Waals surface area contributed by atoms with E-state index in [1.807, 2.05) is 11.7 Å². The number of carbonyl (C=O) groups excluding carboxylic acids is 1. The van der Waals surface area contributed by atoms with E-state index in [0.717, 1.165) is 37.9 Å². The molecule has 1 aromatic heterocycles. The number of carbonyl (C=O) groups is 1. The van der Waals surface area contributed by atoms with Crippen molar-refractivity contribution in [1.29, 1.82) is 0 Å². The summed E-state index contributed by atoms with van der Waals surface area (Å²) in [6, 6.07) is 0.233. The summed E-state index contributed by atoms with van der Waals surface area (Å²) in [5.41, 5.74) is 3.53. The minimum atomic E-state index is 0.233. The summed E-state index contributed by atoms with van der Waals surface area (Å²) in [6.45, 7) is 5.06. The van der Waals surface area contributed by atoms with Crippen LogP contribution < -0.4 is 0 Å². The molecule has 0 saturated carbocycles. The fourth-order valence-electron chi connectivity index (χ4n) is 3.84. The molecular formula is C17H25N3O. The predicted molar refractivity (Wildman–Crippen MR) is 82.9 cm³/mol. The Bertz CT molecular complexity index is 573. The number of aryl methyl sites for hydroxylation is 2. The van der Waals surface area contributed by atoms with Crippen molar-refractivity contribution in [2.75, 3.05) is 6.54 Å². The third kappa shape index (κ3) is 2.63. The first-order valence-corrected chi connectivity index (χ1v) is 8.04. The van der Waals surface area contributed by atoms with Crippen LogP contribution in [0.25, 0.3) is 0 Å². The predicted octanol–water partition coefficient (Wildman–Crippen LogP) is 3.06. The Morgan fingerprint density at radius 3 is 2.81 bits per heavy atom. The van der Waals surface area contributed by atoms with Gasteiger partial charge in [-0.25, -0.2) is 0 Å². The van der Waals surface area contributed by atoms with E-state index in [0.29, 0.717) is 18.2 Å². The first kappa shape index (κ1) is 14.4. The van der Waals surface area contributed by atoms with E-state index in [2.05, 4.69) is 36.0 Å². The van der Waals surface area contributed by atoms with Gasteiger partial charge in [0, 0.05) is 31.3 Å². The second-order valence-corrected chi connectivity index (χ2v) is 6.42. The number of amides is 1. The molecule has 1 aliphatic carbocycles. The van der Waals surface area contributed by atoms with Gasteiger partial charge < -0.3 is 4.90 Å². The third-order valence-corrected chi connectivity index (χ3v) is 5.02. The van der Waals surface area contributed by atoms with Gasteiger partial charge in [0.1, 0.15) is 0 Å². The Morgan fingerprint density at radius 1 is 1.38 bits per heavy atom. The fourth-order valence-corrected chi connectivity index (χ4v) is 3.84. The molecule has 1 aliphatic heterocycles. The average molecular weight is 287 g/mol. The second-order valence-electron chi connectivity index (χ2n) is 6.42. The molecule has 1 amide bonds. The van der Waals surface area contributed by atoms with Crippen molar-refractivity contribution in [2.45, 2.75) is 52.0 Å². The zero-order valence-corrected chi connectivity index (χ0v) is 13.3. The van der Waals surface area contributed by atoms with Crippen LogP contribution in [0.5, 0.6) is 0 Å².